The summed E-state index contributed by atoms with van der Waals surface area (Å²) in [5, 5.41) is 0. The van der Waals surface area contributed by atoms with Crippen molar-refractivity contribution in [2.45, 2.75) is 10.9 Å². The first kappa shape index (κ1) is 21.0. The maximum atomic E-state index is 13.3. The van der Waals surface area contributed by atoms with Gasteiger partial charge in [0.25, 0.3) is 0 Å². The molecule has 5 rings (SSSR count). The maximum Gasteiger partial charge on any atom is 0.243 e. The number of benzene rings is 3. The molecule has 7 heteroatoms. The molecular weight excluding hydrogens is 424 g/mol. The molecule has 0 unspecified atom stereocenters. The highest BCUT2D eigenvalue weighted by Gasteiger charge is 2.32. The molecule has 32 heavy (non-hydrogen) atoms. The van der Waals surface area contributed by atoms with Gasteiger partial charge in [-0.15, -0.1) is 0 Å². The van der Waals surface area contributed by atoms with Crippen LogP contribution >= 0.6 is 0 Å². The first-order valence-electron chi connectivity index (χ1n) is 10.9. The summed E-state index contributed by atoms with van der Waals surface area (Å²) >= 11 is 0. The Hall–Kier alpha value is -2.87. The summed E-state index contributed by atoms with van der Waals surface area (Å²) in [5.41, 5.74) is 2.42. The summed E-state index contributed by atoms with van der Waals surface area (Å²) in [6, 6.07) is 25.7. The molecule has 3 aromatic rings. The zero-order valence-electron chi connectivity index (χ0n) is 17.8. The number of sulfonamides is 1. The van der Waals surface area contributed by atoms with Crippen LogP contribution in [0.1, 0.15) is 17.2 Å². The van der Waals surface area contributed by atoms with Gasteiger partial charge in [-0.2, -0.15) is 4.31 Å². The van der Waals surface area contributed by atoms with E-state index in [2.05, 4.69) is 29.2 Å². The van der Waals surface area contributed by atoms with Gasteiger partial charge in [0, 0.05) is 32.2 Å². The Morgan fingerprint density at radius 3 is 1.84 bits per heavy atom. The minimum atomic E-state index is -3.60. The van der Waals surface area contributed by atoms with Gasteiger partial charge in [0.15, 0.2) is 11.5 Å². The van der Waals surface area contributed by atoms with E-state index in [1.807, 2.05) is 36.4 Å². The van der Waals surface area contributed by atoms with E-state index < -0.39 is 10.0 Å². The van der Waals surface area contributed by atoms with Gasteiger partial charge in [0.1, 0.15) is 13.2 Å². The van der Waals surface area contributed by atoms with Crippen molar-refractivity contribution in [1.29, 1.82) is 0 Å². The highest BCUT2D eigenvalue weighted by Crippen LogP contribution is 2.34. The van der Waals surface area contributed by atoms with E-state index in [9.17, 15) is 8.42 Å². The second kappa shape index (κ2) is 8.94. The molecule has 0 amide bonds. The van der Waals surface area contributed by atoms with E-state index >= 15 is 0 Å². The van der Waals surface area contributed by atoms with Crippen LogP contribution in [-0.4, -0.2) is 57.0 Å². The van der Waals surface area contributed by atoms with Gasteiger partial charge in [0.05, 0.1) is 10.9 Å². The highest BCUT2D eigenvalue weighted by atomic mass is 32.2. The van der Waals surface area contributed by atoms with Crippen molar-refractivity contribution in [3.63, 3.8) is 0 Å². The van der Waals surface area contributed by atoms with Crippen LogP contribution < -0.4 is 9.47 Å². The molecule has 1 fully saturated rings. The molecule has 0 saturated carbocycles. The molecule has 2 heterocycles. The molecule has 0 atom stereocenters. The third-order valence-corrected chi connectivity index (χ3v) is 7.92. The molecule has 0 N–H and O–H groups in total. The molecule has 2 aliphatic heterocycles. The van der Waals surface area contributed by atoms with Crippen LogP contribution in [0.25, 0.3) is 0 Å². The summed E-state index contributed by atoms with van der Waals surface area (Å²) in [6.07, 6.45) is 0. The van der Waals surface area contributed by atoms with E-state index in [0.717, 1.165) is 0 Å². The number of rotatable bonds is 5. The number of hydrogen-bond donors (Lipinski definition) is 0. The predicted molar refractivity (Wildman–Crippen MR) is 122 cm³/mol. The van der Waals surface area contributed by atoms with Gasteiger partial charge < -0.3 is 9.47 Å². The fourth-order valence-electron chi connectivity index (χ4n) is 4.42. The van der Waals surface area contributed by atoms with Crippen molar-refractivity contribution < 1.29 is 17.9 Å². The molecule has 3 aromatic carbocycles. The normalized spacial score (nSPS) is 17.4. The molecule has 0 spiro atoms. The average molecular weight is 451 g/mol. The average Bonchev–Trinajstić information content (AvgIpc) is 2.85. The van der Waals surface area contributed by atoms with Crippen LogP contribution in [0.4, 0.5) is 0 Å². The summed E-state index contributed by atoms with van der Waals surface area (Å²) in [4.78, 5) is 2.61. The molecule has 0 aliphatic carbocycles. The second-order valence-corrected chi connectivity index (χ2v) is 9.91. The smallest absolute Gasteiger partial charge is 0.243 e. The molecule has 0 aromatic heterocycles. The van der Waals surface area contributed by atoms with Gasteiger partial charge >= 0.3 is 0 Å². The molecule has 2 aliphatic rings. The third-order valence-electron chi connectivity index (χ3n) is 6.02. The van der Waals surface area contributed by atoms with Crippen LogP contribution in [0.3, 0.4) is 0 Å². The number of ether oxygens (including phenoxy) is 2. The van der Waals surface area contributed by atoms with Crippen LogP contribution in [0.2, 0.25) is 0 Å². The van der Waals surface area contributed by atoms with Crippen molar-refractivity contribution in [1.82, 2.24) is 9.21 Å². The van der Waals surface area contributed by atoms with Crippen molar-refractivity contribution >= 4 is 10.0 Å². The van der Waals surface area contributed by atoms with E-state index in [-0.39, 0.29) is 10.9 Å². The summed E-state index contributed by atoms with van der Waals surface area (Å²) in [7, 11) is -3.60. The van der Waals surface area contributed by atoms with E-state index in [1.54, 1.807) is 22.5 Å². The Morgan fingerprint density at radius 1 is 0.688 bits per heavy atom. The summed E-state index contributed by atoms with van der Waals surface area (Å²) in [6.45, 7) is 3.08. The maximum absolute atomic E-state index is 13.3. The number of piperazine rings is 1. The Morgan fingerprint density at radius 2 is 1.25 bits per heavy atom. The number of hydrogen-bond acceptors (Lipinski definition) is 5. The molecule has 166 valence electrons. The standard InChI is InChI=1S/C25H26N2O4S/c28-32(29,22-11-12-23-24(19-22)31-18-17-30-23)27-15-13-26(14-16-27)25(20-7-3-1-4-8-20)21-9-5-2-6-10-21/h1-12,19,25H,13-18H2. The van der Waals surface area contributed by atoms with Gasteiger partial charge in [-0.05, 0) is 23.3 Å². The van der Waals surface area contributed by atoms with Gasteiger partial charge in [-0.1, -0.05) is 60.7 Å². The van der Waals surface area contributed by atoms with Crippen molar-refractivity contribution in [3.8, 4) is 11.5 Å². The van der Waals surface area contributed by atoms with Crippen molar-refractivity contribution in [2.75, 3.05) is 39.4 Å². The highest BCUT2D eigenvalue weighted by molar-refractivity contribution is 7.89. The summed E-state index contributed by atoms with van der Waals surface area (Å²) < 4.78 is 39.3. The lowest BCUT2D eigenvalue weighted by Gasteiger charge is -2.39. The zero-order valence-corrected chi connectivity index (χ0v) is 18.6. The lowest BCUT2D eigenvalue weighted by atomic mass is 9.96. The zero-order chi connectivity index (χ0) is 22.0. The quantitative estimate of drug-likeness (QED) is 0.595. The predicted octanol–water partition coefficient (Wildman–Crippen LogP) is 3.55. The Labute approximate surface area is 189 Å². The minimum Gasteiger partial charge on any atom is -0.486 e. The first-order chi connectivity index (χ1) is 15.6. The molecule has 0 radical (unpaired) electrons. The van der Waals surface area contributed by atoms with Gasteiger partial charge in [-0.3, -0.25) is 4.90 Å². The lowest BCUT2D eigenvalue weighted by Crippen LogP contribution is -2.49. The Bertz CT molecular complexity index is 1120. The number of nitrogens with zero attached hydrogens (tertiary/aromatic N) is 2. The third kappa shape index (κ3) is 4.11. The van der Waals surface area contributed by atoms with Crippen molar-refractivity contribution in [2.24, 2.45) is 0 Å². The van der Waals surface area contributed by atoms with Gasteiger partial charge in [-0.25, -0.2) is 8.42 Å². The van der Waals surface area contributed by atoms with Crippen LogP contribution in [0.15, 0.2) is 83.8 Å². The largest absolute Gasteiger partial charge is 0.486 e. The first-order valence-corrected chi connectivity index (χ1v) is 12.3. The number of fused-ring (bicyclic) bond motifs is 1. The van der Waals surface area contributed by atoms with Crippen LogP contribution in [0, 0.1) is 0 Å². The lowest BCUT2D eigenvalue weighted by molar-refractivity contribution is 0.155. The summed E-state index contributed by atoms with van der Waals surface area (Å²) in [5.74, 6) is 1.08. The van der Waals surface area contributed by atoms with Crippen LogP contribution in [-0.2, 0) is 10.0 Å². The van der Waals surface area contributed by atoms with E-state index in [4.69, 9.17) is 9.47 Å². The molecule has 1 saturated heterocycles. The Balaban J connectivity index is 1.35. The monoisotopic (exact) mass is 450 g/mol. The SMILES string of the molecule is O=S(=O)(c1ccc2c(c1)OCCO2)N1CCN(C(c2ccccc2)c2ccccc2)CC1. The topological polar surface area (TPSA) is 59.1 Å². The fraction of sp³-hybridized carbons (Fsp3) is 0.280. The minimum absolute atomic E-state index is 0.0940. The van der Waals surface area contributed by atoms with E-state index in [0.29, 0.717) is 50.9 Å². The second-order valence-electron chi connectivity index (χ2n) is 7.97. The molecule has 6 nitrogen and oxygen atoms in total. The van der Waals surface area contributed by atoms with E-state index in [1.165, 1.54) is 11.1 Å². The molecular formula is C25H26N2O4S. The van der Waals surface area contributed by atoms with Crippen molar-refractivity contribution in [3.05, 3.63) is 90.0 Å². The molecule has 0 bridgehead atoms. The fourth-order valence-corrected chi connectivity index (χ4v) is 5.86. The van der Waals surface area contributed by atoms with Gasteiger partial charge in [0.2, 0.25) is 10.0 Å². The Kier molecular flexibility index (Phi) is 5.87. The van der Waals surface area contributed by atoms with Crippen LogP contribution in [0.5, 0.6) is 11.5 Å².